The maximum absolute atomic E-state index is 12.0. The minimum absolute atomic E-state index is 0.00312. The van der Waals surface area contributed by atoms with E-state index in [0.29, 0.717) is 19.6 Å². The van der Waals surface area contributed by atoms with Gasteiger partial charge in [-0.25, -0.2) is 8.78 Å². The summed E-state index contributed by atoms with van der Waals surface area (Å²) in [5, 5.41) is 0. The summed E-state index contributed by atoms with van der Waals surface area (Å²) < 4.78 is 40.1. The number of rotatable bonds is 6. The zero-order valence-corrected chi connectivity index (χ0v) is 10.6. The normalized spacial score (nSPS) is 23.7. The number of ether oxygens (including phenoxy) is 3. The molecule has 0 unspecified atom stereocenters. The molecule has 0 radical (unpaired) electrons. The molecular weight excluding hydrogens is 254 g/mol. The van der Waals surface area contributed by atoms with Gasteiger partial charge in [-0.3, -0.25) is 0 Å². The van der Waals surface area contributed by atoms with Crippen molar-refractivity contribution in [3.63, 3.8) is 0 Å². The Balaban J connectivity index is 1.72. The van der Waals surface area contributed by atoms with Gasteiger partial charge in [0.15, 0.2) is 6.29 Å². The van der Waals surface area contributed by atoms with Crippen LogP contribution in [0.25, 0.3) is 0 Å². The van der Waals surface area contributed by atoms with Gasteiger partial charge in [0.1, 0.15) is 6.61 Å². The molecule has 0 saturated carbocycles. The molecule has 106 valence electrons. The fourth-order valence-electron chi connectivity index (χ4n) is 1.97. The van der Waals surface area contributed by atoms with Crippen molar-refractivity contribution in [1.29, 1.82) is 0 Å². The Kier molecular flexibility index (Phi) is 5.69. The van der Waals surface area contributed by atoms with Gasteiger partial charge in [-0.05, 0) is 12.0 Å². The van der Waals surface area contributed by atoms with Crippen LogP contribution in [0.15, 0.2) is 30.3 Å². The Morgan fingerprint density at radius 1 is 1.21 bits per heavy atom. The van der Waals surface area contributed by atoms with Crippen molar-refractivity contribution in [1.82, 2.24) is 0 Å². The standard InChI is InChI=1S/C14H18F2O3/c15-13(16)10-19-14-8-12(6-7-17-14)18-9-11-4-2-1-3-5-11/h1-5,12-14H,6-10H2/t12-,14+/m0/s1. The minimum Gasteiger partial charge on any atom is -0.373 e. The third-order valence-corrected chi connectivity index (χ3v) is 2.94. The van der Waals surface area contributed by atoms with E-state index < -0.39 is 19.3 Å². The predicted octanol–water partition coefficient (Wildman–Crippen LogP) is 2.99. The highest BCUT2D eigenvalue weighted by Crippen LogP contribution is 2.19. The van der Waals surface area contributed by atoms with Gasteiger partial charge in [0.25, 0.3) is 6.43 Å². The lowest BCUT2D eigenvalue weighted by atomic mass is 10.1. The quantitative estimate of drug-likeness (QED) is 0.796. The molecule has 1 aromatic carbocycles. The van der Waals surface area contributed by atoms with Gasteiger partial charge in [0.2, 0.25) is 0 Å². The van der Waals surface area contributed by atoms with Crippen molar-refractivity contribution in [2.45, 2.75) is 38.3 Å². The summed E-state index contributed by atoms with van der Waals surface area (Å²) in [6, 6.07) is 9.84. The first kappa shape index (κ1) is 14.4. The van der Waals surface area contributed by atoms with E-state index >= 15 is 0 Å². The van der Waals surface area contributed by atoms with Crippen molar-refractivity contribution < 1.29 is 23.0 Å². The van der Waals surface area contributed by atoms with Crippen molar-refractivity contribution in [3.8, 4) is 0 Å². The lowest BCUT2D eigenvalue weighted by Crippen LogP contribution is -2.33. The summed E-state index contributed by atoms with van der Waals surface area (Å²) in [5.74, 6) is 0. The van der Waals surface area contributed by atoms with Gasteiger partial charge in [-0.2, -0.15) is 0 Å². The summed E-state index contributed by atoms with van der Waals surface area (Å²) >= 11 is 0. The van der Waals surface area contributed by atoms with Crippen molar-refractivity contribution in [2.75, 3.05) is 13.2 Å². The molecule has 0 N–H and O–H groups in total. The molecule has 0 aliphatic carbocycles. The Labute approximate surface area is 111 Å². The lowest BCUT2D eigenvalue weighted by Gasteiger charge is -2.29. The first-order chi connectivity index (χ1) is 9.24. The predicted molar refractivity (Wildman–Crippen MR) is 65.9 cm³/mol. The van der Waals surface area contributed by atoms with E-state index in [4.69, 9.17) is 14.2 Å². The first-order valence-corrected chi connectivity index (χ1v) is 6.41. The molecule has 5 heteroatoms. The lowest BCUT2D eigenvalue weighted by molar-refractivity contribution is -0.205. The summed E-state index contributed by atoms with van der Waals surface area (Å²) in [7, 11) is 0. The second kappa shape index (κ2) is 7.53. The average molecular weight is 272 g/mol. The van der Waals surface area contributed by atoms with E-state index in [1.165, 1.54) is 0 Å². The Morgan fingerprint density at radius 2 is 2.00 bits per heavy atom. The molecule has 3 nitrogen and oxygen atoms in total. The van der Waals surface area contributed by atoms with Crippen LogP contribution in [-0.4, -0.2) is 32.0 Å². The molecule has 1 saturated heterocycles. The molecule has 1 aromatic rings. The van der Waals surface area contributed by atoms with Crippen LogP contribution < -0.4 is 0 Å². The minimum atomic E-state index is -2.46. The summed E-state index contributed by atoms with van der Waals surface area (Å²) in [6.07, 6.45) is -1.78. The molecule has 1 aliphatic rings. The fourth-order valence-corrected chi connectivity index (χ4v) is 1.97. The van der Waals surface area contributed by atoms with Crippen LogP contribution in [0, 0.1) is 0 Å². The number of halogens is 2. The van der Waals surface area contributed by atoms with E-state index in [2.05, 4.69) is 0 Å². The maximum atomic E-state index is 12.0. The monoisotopic (exact) mass is 272 g/mol. The largest absolute Gasteiger partial charge is 0.373 e. The molecule has 1 fully saturated rings. The smallest absolute Gasteiger partial charge is 0.261 e. The van der Waals surface area contributed by atoms with Gasteiger partial charge in [0, 0.05) is 6.42 Å². The molecular formula is C14H18F2O3. The number of hydrogen-bond donors (Lipinski definition) is 0. The average Bonchev–Trinajstić information content (AvgIpc) is 2.44. The van der Waals surface area contributed by atoms with Crippen LogP contribution in [0.5, 0.6) is 0 Å². The van der Waals surface area contributed by atoms with Gasteiger partial charge in [0.05, 0.1) is 19.3 Å². The molecule has 1 aliphatic heterocycles. The van der Waals surface area contributed by atoms with Crippen LogP contribution in [-0.2, 0) is 20.8 Å². The second-order valence-electron chi connectivity index (χ2n) is 4.47. The van der Waals surface area contributed by atoms with E-state index in [0.717, 1.165) is 12.0 Å². The summed E-state index contributed by atoms with van der Waals surface area (Å²) in [4.78, 5) is 0. The van der Waals surface area contributed by atoms with Crippen LogP contribution in [0.3, 0.4) is 0 Å². The second-order valence-corrected chi connectivity index (χ2v) is 4.47. The zero-order valence-electron chi connectivity index (χ0n) is 10.6. The van der Waals surface area contributed by atoms with Crippen LogP contribution in [0.2, 0.25) is 0 Å². The van der Waals surface area contributed by atoms with E-state index in [-0.39, 0.29) is 6.10 Å². The number of alkyl halides is 2. The highest BCUT2D eigenvalue weighted by Gasteiger charge is 2.24. The van der Waals surface area contributed by atoms with Crippen molar-refractivity contribution >= 4 is 0 Å². The third kappa shape index (κ3) is 5.22. The van der Waals surface area contributed by atoms with E-state index in [1.807, 2.05) is 30.3 Å². The van der Waals surface area contributed by atoms with Gasteiger partial charge in [-0.1, -0.05) is 30.3 Å². The molecule has 0 spiro atoms. The topological polar surface area (TPSA) is 27.7 Å². The molecule has 0 amide bonds. The van der Waals surface area contributed by atoms with Gasteiger partial charge < -0.3 is 14.2 Å². The Bertz CT molecular complexity index is 359. The van der Waals surface area contributed by atoms with Crippen LogP contribution in [0.1, 0.15) is 18.4 Å². The highest BCUT2D eigenvalue weighted by atomic mass is 19.3. The molecule has 1 heterocycles. The zero-order chi connectivity index (χ0) is 13.5. The Morgan fingerprint density at radius 3 is 2.74 bits per heavy atom. The fraction of sp³-hybridized carbons (Fsp3) is 0.571. The first-order valence-electron chi connectivity index (χ1n) is 6.41. The van der Waals surface area contributed by atoms with Crippen LogP contribution >= 0.6 is 0 Å². The number of benzene rings is 1. The molecule has 2 atom stereocenters. The van der Waals surface area contributed by atoms with Crippen LogP contribution in [0.4, 0.5) is 8.78 Å². The summed E-state index contributed by atoms with van der Waals surface area (Å²) in [6.45, 7) is 0.413. The van der Waals surface area contributed by atoms with E-state index in [9.17, 15) is 8.78 Å². The molecule has 19 heavy (non-hydrogen) atoms. The molecule has 0 aromatic heterocycles. The van der Waals surface area contributed by atoms with Crippen molar-refractivity contribution in [2.24, 2.45) is 0 Å². The van der Waals surface area contributed by atoms with E-state index in [1.54, 1.807) is 0 Å². The molecule has 2 rings (SSSR count). The van der Waals surface area contributed by atoms with Crippen molar-refractivity contribution in [3.05, 3.63) is 35.9 Å². The third-order valence-electron chi connectivity index (χ3n) is 2.94. The molecule has 0 bridgehead atoms. The Hall–Kier alpha value is -1.04. The SMILES string of the molecule is FC(F)CO[C@@H]1C[C@@H](OCc2ccccc2)CCO1. The number of hydrogen-bond acceptors (Lipinski definition) is 3. The summed E-state index contributed by atoms with van der Waals surface area (Å²) in [5.41, 5.74) is 1.10. The van der Waals surface area contributed by atoms with Gasteiger partial charge in [-0.15, -0.1) is 0 Å². The maximum Gasteiger partial charge on any atom is 0.261 e. The highest BCUT2D eigenvalue weighted by molar-refractivity contribution is 5.13. The van der Waals surface area contributed by atoms with Gasteiger partial charge >= 0.3 is 0 Å².